The van der Waals surface area contributed by atoms with Gasteiger partial charge >= 0.3 is 0 Å². The number of thiazole rings is 1. The van der Waals surface area contributed by atoms with Crippen molar-refractivity contribution in [2.45, 2.75) is 0 Å². The van der Waals surface area contributed by atoms with Crippen molar-refractivity contribution in [3.63, 3.8) is 0 Å². The smallest absolute Gasteiger partial charge is 0.268 e. The van der Waals surface area contributed by atoms with Gasteiger partial charge in [-0.25, -0.2) is 9.37 Å². The van der Waals surface area contributed by atoms with E-state index in [1.807, 2.05) is 24.3 Å². The highest BCUT2D eigenvalue weighted by atomic mass is 32.1. The van der Waals surface area contributed by atoms with E-state index < -0.39 is 17.6 Å². The largest absolute Gasteiger partial charge is 0.269 e. The van der Waals surface area contributed by atoms with Crippen molar-refractivity contribution in [3.8, 4) is 0 Å². The molecule has 2 aromatic carbocycles. The van der Waals surface area contributed by atoms with Crippen LogP contribution in [0.2, 0.25) is 0 Å². The molecule has 0 spiro atoms. The molecule has 0 unspecified atom stereocenters. The first-order valence-corrected chi connectivity index (χ1v) is 7.83. The van der Waals surface area contributed by atoms with E-state index in [4.69, 9.17) is 0 Å². The number of aromatic nitrogens is 1. The Labute approximate surface area is 140 Å². The summed E-state index contributed by atoms with van der Waals surface area (Å²) < 4.78 is 13.8. The Balaban J connectivity index is 1.57. The van der Waals surface area contributed by atoms with E-state index in [0.29, 0.717) is 5.01 Å². The molecule has 24 heavy (non-hydrogen) atoms. The average molecular weight is 341 g/mol. The SMILES string of the molecule is O=C(C=Cc1nc2ccccc2s1)NNC(=O)c1ccc(F)cc1. The molecule has 0 saturated heterocycles. The van der Waals surface area contributed by atoms with E-state index in [-0.39, 0.29) is 5.56 Å². The number of halogens is 1. The van der Waals surface area contributed by atoms with Crippen molar-refractivity contribution in [1.82, 2.24) is 15.8 Å². The molecule has 0 aliphatic rings. The molecule has 2 amide bonds. The lowest BCUT2D eigenvalue weighted by molar-refractivity contribution is -0.117. The Morgan fingerprint density at radius 2 is 1.79 bits per heavy atom. The topological polar surface area (TPSA) is 71.1 Å². The number of nitrogens with zero attached hydrogens (tertiary/aromatic N) is 1. The molecule has 3 rings (SSSR count). The standard InChI is InChI=1S/C17H12FN3O2S/c18-12-7-5-11(6-8-12)17(23)21-20-15(22)9-10-16-19-13-3-1-2-4-14(13)24-16/h1-10H,(H,20,22)(H,21,23). The predicted molar refractivity (Wildman–Crippen MR) is 90.7 cm³/mol. The van der Waals surface area contributed by atoms with Crippen LogP contribution in [0.15, 0.2) is 54.6 Å². The van der Waals surface area contributed by atoms with Crippen LogP contribution in [0.3, 0.4) is 0 Å². The van der Waals surface area contributed by atoms with Crippen LogP contribution < -0.4 is 10.9 Å². The van der Waals surface area contributed by atoms with Crippen LogP contribution in [-0.4, -0.2) is 16.8 Å². The minimum absolute atomic E-state index is 0.242. The molecule has 0 atom stereocenters. The number of benzene rings is 2. The van der Waals surface area contributed by atoms with Crippen molar-refractivity contribution in [2.24, 2.45) is 0 Å². The number of amides is 2. The van der Waals surface area contributed by atoms with E-state index in [1.165, 1.54) is 41.7 Å². The first-order chi connectivity index (χ1) is 11.6. The lowest BCUT2D eigenvalue weighted by Gasteiger charge is -2.04. The molecular weight excluding hydrogens is 329 g/mol. The molecule has 0 aliphatic carbocycles. The molecule has 120 valence electrons. The van der Waals surface area contributed by atoms with Gasteiger partial charge in [-0.3, -0.25) is 20.4 Å². The summed E-state index contributed by atoms with van der Waals surface area (Å²) >= 11 is 1.46. The summed E-state index contributed by atoms with van der Waals surface area (Å²) in [7, 11) is 0. The van der Waals surface area contributed by atoms with Gasteiger partial charge in [-0.1, -0.05) is 12.1 Å². The number of carbonyl (C=O) groups excluding carboxylic acids is 2. The monoisotopic (exact) mass is 341 g/mol. The fourth-order valence-electron chi connectivity index (χ4n) is 1.94. The fourth-order valence-corrected chi connectivity index (χ4v) is 2.81. The zero-order valence-electron chi connectivity index (χ0n) is 12.3. The van der Waals surface area contributed by atoms with Crippen LogP contribution in [0, 0.1) is 5.82 Å². The van der Waals surface area contributed by atoms with Crippen LogP contribution in [0.1, 0.15) is 15.4 Å². The fraction of sp³-hybridized carbons (Fsp3) is 0. The number of nitrogens with one attached hydrogen (secondary N) is 2. The van der Waals surface area contributed by atoms with E-state index >= 15 is 0 Å². The summed E-state index contributed by atoms with van der Waals surface area (Å²) in [5, 5.41) is 0.691. The van der Waals surface area contributed by atoms with Crippen molar-refractivity contribution in [2.75, 3.05) is 0 Å². The Morgan fingerprint density at radius 3 is 2.54 bits per heavy atom. The van der Waals surface area contributed by atoms with Gasteiger partial charge in [-0.05, 0) is 42.5 Å². The maximum Gasteiger partial charge on any atom is 0.269 e. The number of para-hydroxylation sites is 1. The molecule has 1 aromatic heterocycles. The van der Waals surface area contributed by atoms with Crippen LogP contribution in [-0.2, 0) is 4.79 Å². The highest BCUT2D eigenvalue weighted by molar-refractivity contribution is 7.19. The second-order valence-corrected chi connectivity index (χ2v) is 5.87. The molecule has 0 saturated carbocycles. The highest BCUT2D eigenvalue weighted by Crippen LogP contribution is 2.22. The molecule has 0 aliphatic heterocycles. The van der Waals surface area contributed by atoms with Gasteiger partial charge in [0.05, 0.1) is 10.2 Å². The van der Waals surface area contributed by atoms with Crippen LogP contribution in [0.4, 0.5) is 4.39 Å². The molecule has 0 bridgehead atoms. The van der Waals surface area contributed by atoms with Crippen molar-refractivity contribution < 1.29 is 14.0 Å². The summed E-state index contributed by atoms with van der Waals surface area (Å²) in [5.74, 6) is -1.46. The predicted octanol–water partition coefficient (Wildman–Crippen LogP) is 2.91. The Kier molecular flexibility index (Phi) is 4.62. The van der Waals surface area contributed by atoms with Crippen LogP contribution in [0.5, 0.6) is 0 Å². The van der Waals surface area contributed by atoms with Crippen molar-refractivity contribution in [1.29, 1.82) is 0 Å². The maximum atomic E-state index is 12.8. The molecule has 7 heteroatoms. The number of hydrogen-bond donors (Lipinski definition) is 2. The molecule has 0 fully saturated rings. The van der Waals surface area contributed by atoms with E-state index in [0.717, 1.165) is 10.2 Å². The second kappa shape index (κ2) is 7.01. The number of rotatable bonds is 3. The minimum Gasteiger partial charge on any atom is -0.268 e. The van der Waals surface area contributed by atoms with Gasteiger partial charge in [0.15, 0.2) is 0 Å². The summed E-state index contributed by atoms with van der Waals surface area (Å²) in [6, 6.07) is 12.7. The average Bonchev–Trinajstić information content (AvgIpc) is 3.01. The molecular formula is C17H12FN3O2S. The van der Waals surface area contributed by atoms with Crippen molar-refractivity contribution in [3.05, 3.63) is 71.0 Å². The summed E-state index contributed by atoms with van der Waals surface area (Å²) in [5.41, 5.74) is 5.62. The quantitative estimate of drug-likeness (QED) is 0.568. The molecule has 1 heterocycles. The van der Waals surface area contributed by atoms with Crippen molar-refractivity contribution >= 4 is 39.4 Å². The summed E-state index contributed by atoms with van der Waals surface area (Å²) in [4.78, 5) is 27.9. The van der Waals surface area contributed by atoms with Gasteiger partial charge in [0, 0.05) is 11.6 Å². The number of carbonyl (C=O) groups is 2. The van der Waals surface area contributed by atoms with Gasteiger partial charge in [0.25, 0.3) is 11.8 Å². The molecule has 3 aromatic rings. The lowest BCUT2D eigenvalue weighted by atomic mass is 10.2. The highest BCUT2D eigenvalue weighted by Gasteiger charge is 2.06. The third-order valence-electron chi connectivity index (χ3n) is 3.09. The van der Waals surface area contributed by atoms with Gasteiger partial charge in [-0.15, -0.1) is 11.3 Å². The summed E-state index contributed by atoms with van der Waals surface area (Å²) in [6.45, 7) is 0. The molecule has 5 nitrogen and oxygen atoms in total. The minimum atomic E-state index is -0.531. The number of fused-ring (bicyclic) bond motifs is 1. The number of hydrogen-bond acceptors (Lipinski definition) is 4. The lowest BCUT2D eigenvalue weighted by Crippen LogP contribution is -2.40. The third-order valence-corrected chi connectivity index (χ3v) is 4.09. The number of hydrazine groups is 1. The Bertz CT molecular complexity index is 886. The Morgan fingerprint density at radius 1 is 1.04 bits per heavy atom. The summed E-state index contributed by atoms with van der Waals surface area (Å²) in [6.07, 6.45) is 2.85. The molecule has 0 radical (unpaired) electrons. The second-order valence-electron chi connectivity index (χ2n) is 4.80. The van der Waals surface area contributed by atoms with E-state index in [2.05, 4.69) is 15.8 Å². The normalized spacial score (nSPS) is 10.9. The third kappa shape index (κ3) is 3.82. The zero-order chi connectivity index (χ0) is 16.9. The maximum absolute atomic E-state index is 12.8. The van der Waals surface area contributed by atoms with Gasteiger partial charge < -0.3 is 0 Å². The van der Waals surface area contributed by atoms with E-state index in [9.17, 15) is 14.0 Å². The Hall–Kier alpha value is -3.06. The van der Waals surface area contributed by atoms with Gasteiger partial charge in [0.2, 0.25) is 0 Å². The molecule has 2 N–H and O–H groups in total. The first-order valence-electron chi connectivity index (χ1n) is 7.01. The zero-order valence-corrected chi connectivity index (χ0v) is 13.1. The van der Waals surface area contributed by atoms with Crippen LogP contribution in [0.25, 0.3) is 16.3 Å². The first kappa shape index (κ1) is 15.8. The van der Waals surface area contributed by atoms with Gasteiger partial charge in [-0.2, -0.15) is 0 Å². The van der Waals surface area contributed by atoms with E-state index in [1.54, 1.807) is 6.08 Å². The van der Waals surface area contributed by atoms with Gasteiger partial charge in [0.1, 0.15) is 10.8 Å². The van der Waals surface area contributed by atoms with Crippen LogP contribution >= 0.6 is 11.3 Å².